The van der Waals surface area contributed by atoms with Crippen molar-refractivity contribution >= 4 is 43.0 Å². The van der Waals surface area contributed by atoms with Gasteiger partial charge in [0.1, 0.15) is 5.82 Å². The molecule has 0 amide bonds. The van der Waals surface area contributed by atoms with Gasteiger partial charge in [0, 0.05) is 12.1 Å². The average molecular weight is 446 g/mol. The number of hydrazone groups is 1. The Labute approximate surface area is 167 Å². The molecule has 0 radical (unpaired) electrons. The highest BCUT2D eigenvalue weighted by atomic mass is 35.5. The molecular formula is C17H17ClFN3O4S2. The molecule has 0 saturated heterocycles. The van der Waals surface area contributed by atoms with Crippen molar-refractivity contribution in [2.45, 2.75) is 12.5 Å². The Morgan fingerprint density at radius 1 is 1.14 bits per heavy atom. The van der Waals surface area contributed by atoms with E-state index >= 15 is 0 Å². The van der Waals surface area contributed by atoms with Gasteiger partial charge in [-0.05, 0) is 35.4 Å². The molecule has 0 unspecified atom stereocenters. The van der Waals surface area contributed by atoms with Gasteiger partial charge in [-0.25, -0.2) is 21.2 Å². The number of benzene rings is 2. The summed E-state index contributed by atoms with van der Waals surface area (Å²) < 4.78 is 64.1. The number of nitrogens with zero attached hydrogens (tertiary/aromatic N) is 2. The maximum atomic E-state index is 13.5. The lowest BCUT2D eigenvalue weighted by Gasteiger charge is -2.21. The minimum absolute atomic E-state index is 0.112. The van der Waals surface area contributed by atoms with Gasteiger partial charge in [-0.1, -0.05) is 29.8 Å². The fourth-order valence-electron chi connectivity index (χ4n) is 2.91. The molecule has 3 rings (SSSR count). The van der Waals surface area contributed by atoms with Crippen LogP contribution in [0.5, 0.6) is 0 Å². The van der Waals surface area contributed by atoms with Crippen LogP contribution in [-0.4, -0.2) is 39.5 Å². The van der Waals surface area contributed by atoms with Crippen molar-refractivity contribution in [2.24, 2.45) is 5.10 Å². The van der Waals surface area contributed by atoms with E-state index in [0.29, 0.717) is 22.5 Å². The monoisotopic (exact) mass is 445 g/mol. The quantitative estimate of drug-likeness (QED) is 0.765. The molecule has 7 nitrogen and oxygen atoms in total. The van der Waals surface area contributed by atoms with Crippen molar-refractivity contribution in [3.63, 3.8) is 0 Å². The molecule has 2 aromatic carbocycles. The number of anilines is 1. The van der Waals surface area contributed by atoms with Crippen LogP contribution in [0.3, 0.4) is 0 Å². The van der Waals surface area contributed by atoms with Gasteiger partial charge in [-0.2, -0.15) is 9.52 Å². The number of rotatable bonds is 5. The van der Waals surface area contributed by atoms with Gasteiger partial charge in [0.15, 0.2) is 0 Å². The highest BCUT2D eigenvalue weighted by molar-refractivity contribution is 7.92. The first-order chi connectivity index (χ1) is 12.9. The van der Waals surface area contributed by atoms with Gasteiger partial charge in [-0.3, -0.25) is 4.72 Å². The summed E-state index contributed by atoms with van der Waals surface area (Å²) in [7, 11) is -7.17. The van der Waals surface area contributed by atoms with Crippen LogP contribution in [0.4, 0.5) is 10.1 Å². The summed E-state index contributed by atoms with van der Waals surface area (Å²) in [6.45, 7) is 0. The lowest BCUT2D eigenvalue weighted by atomic mass is 9.99. The van der Waals surface area contributed by atoms with Crippen molar-refractivity contribution in [1.29, 1.82) is 0 Å². The highest BCUT2D eigenvalue weighted by Gasteiger charge is 2.34. The topological polar surface area (TPSA) is 95.9 Å². The van der Waals surface area contributed by atoms with Crippen molar-refractivity contribution in [2.75, 3.05) is 17.2 Å². The van der Waals surface area contributed by atoms with E-state index in [-0.39, 0.29) is 11.4 Å². The Morgan fingerprint density at radius 3 is 2.46 bits per heavy atom. The fraction of sp³-hybridized carbons (Fsp3) is 0.235. The van der Waals surface area contributed by atoms with Crippen molar-refractivity contribution in [3.05, 3.63) is 64.4 Å². The Bertz CT molecular complexity index is 1170. The second kappa shape index (κ2) is 7.34. The predicted molar refractivity (Wildman–Crippen MR) is 107 cm³/mol. The molecule has 1 N–H and O–H groups in total. The SMILES string of the molecule is CS(=O)(=O)Nc1cccc(C2=NN(S(C)(=O)=O)[C@@H](c3ccc(F)c(Cl)c3)C2)c1. The lowest BCUT2D eigenvalue weighted by Crippen LogP contribution is -2.25. The zero-order valence-corrected chi connectivity index (χ0v) is 17.3. The number of sulfonamides is 2. The molecule has 0 fully saturated rings. The molecule has 11 heteroatoms. The molecular weight excluding hydrogens is 429 g/mol. The lowest BCUT2D eigenvalue weighted by molar-refractivity contribution is 0.374. The molecule has 1 atom stereocenters. The van der Waals surface area contributed by atoms with Crippen molar-refractivity contribution < 1.29 is 21.2 Å². The molecule has 2 aromatic rings. The van der Waals surface area contributed by atoms with E-state index < -0.39 is 31.9 Å². The van der Waals surface area contributed by atoms with E-state index in [2.05, 4.69) is 9.82 Å². The van der Waals surface area contributed by atoms with Crippen LogP contribution in [0.15, 0.2) is 47.6 Å². The summed E-state index contributed by atoms with van der Waals surface area (Å²) in [5, 5.41) is 4.11. The number of hydrogen-bond donors (Lipinski definition) is 1. The largest absolute Gasteiger partial charge is 0.284 e. The van der Waals surface area contributed by atoms with Gasteiger partial charge in [-0.15, -0.1) is 0 Å². The third-order valence-corrected chi connectivity index (χ3v) is 5.95. The first-order valence-electron chi connectivity index (χ1n) is 8.04. The van der Waals surface area contributed by atoms with Crippen LogP contribution in [-0.2, 0) is 20.0 Å². The second-order valence-corrected chi connectivity index (χ2v) is 10.4. The Hall–Kier alpha value is -2.17. The van der Waals surface area contributed by atoms with E-state index in [1.165, 1.54) is 18.2 Å². The summed E-state index contributed by atoms with van der Waals surface area (Å²) in [6, 6.07) is 9.81. The molecule has 28 heavy (non-hydrogen) atoms. The molecule has 1 aliphatic heterocycles. The van der Waals surface area contributed by atoms with Crippen LogP contribution < -0.4 is 4.72 Å². The minimum atomic E-state index is -3.71. The number of halogens is 2. The summed E-state index contributed by atoms with van der Waals surface area (Å²) in [6.07, 6.45) is 2.28. The van der Waals surface area contributed by atoms with E-state index in [9.17, 15) is 21.2 Å². The zero-order valence-electron chi connectivity index (χ0n) is 14.9. The third kappa shape index (κ3) is 4.62. The normalized spacial score (nSPS) is 17.5. The Morgan fingerprint density at radius 2 is 1.86 bits per heavy atom. The second-order valence-electron chi connectivity index (χ2n) is 6.43. The minimum Gasteiger partial charge on any atom is -0.284 e. The first-order valence-corrected chi connectivity index (χ1v) is 12.2. The van der Waals surface area contributed by atoms with Gasteiger partial charge in [0.25, 0.3) is 0 Å². The maximum absolute atomic E-state index is 13.5. The highest BCUT2D eigenvalue weighted by Crippen LogP contribution is 2.36. The maximum Gasteiger partial charge on any atom is 0.247 e. The summed E-state index contributed by atoms with van der Waals surface area (Å²) in [5.41, 5.74) is 1.86. The van der Waals surface area contributed by atoms with Gasteiger partial charge in [0.2, 0.25) is 20.0 Å². The van der Waals surface area contributed by atoms with Crippen molar-refractivity contribution in [3.8, 4) is 0 Å². The van der Waals surface area contributed by atoms with Crippen LogP contribution in [0.25, 0.3) is 0 Å². The van der Waals surface area contributed by atoms with Gasteiger partial charge >= 0.3 is 0 Å². The van der Waals surface area contributed by atoms with Gasteiger partial charge < -0.3 is 0 Å². The summed E-state index contributed by atoms with van der Waals surface area (Å²) in [5.74, 6) is -0.602. The smallest absolute Gasteiger partial charge is 0.247 e. The van der Waals surface area contributed by atoms with E-state index in [0.717, 1.165) is 16.9 Å². The molecule has 0 bridgehead atoms. The molecule has 0 spiro atoms. The fourth-order valence-corrected chi connectivity index (χ4v) is 4.56. The summed E-state index contributed by atoms with van der Waals surface area (Å²) >= 11 is 5.84. The Kier molecular flexibility index (Phi) is 5.39. The molecule has 1 aliphatic rings. The van der Waals surface area contributed by atoms with E-state index in [1.807, 2.05) is 0 Å². The van der Waals surface area contributed by atoms with Crippen LogP contribution in [0.2, 0.25) is 5.02 Å². The van der Waals surface area contributed by atoms with Gasteiger partial charge in [0.05, 0.1) is 29.3 Å². The van der Waals surface area contributed by atoms with E-state index in [4.69, 9.17) is 11.6 Å². The standard InChI is InChI=1S/C17H17ClFN3O4S2/c1-27(23,24)21-13-5-3-4-11(8-13)16-10-17(22(20-16)28(2,25)26)12-6-7-15(19)14(18)9-12/h3-9,17,21H,10H2,1-2H3/t17-/m1/s1. The van der Waals surface area contributed by atoms with Crippen LogP contribution in [0.1, 0.15) is 23.6 Å². The zero-order chi connectivity index (χ0) is 20.7. The first kappa shape index (κ1) is 20.6. The molecule has 0 aliphatic carbocycles. The van der Waals surface area contributed by atoms with Crippen molar-refractivity contribution in [1.82, 2.24) is 4.41 Å². The number of hydrogen-bond acceptors (Lipinski definition) is 5. The Balaban J connectivity index is 1.99. The molecule has 150 valence electrons. The molecule has 0 aromatic heterocycles. The molecule has 1 heterocycles. The van der Waals surface area contributed by atoms with Crippen LogP contribution >= 0.6 is 11.6 Å². The number of nitrogens with one attached hydrogen (secondary N) is 1. The van der Waals surface area contributed by atoms with E-state index in [1.54, 1.807) is 24.3 Å². The average Bonchev–Trinajstić information content (AvgIpc) is 3.02. The summed E-state index contributed by atoms with van der Waals surface area (Å²) in [4.78, 5) is 0. The third-order valence-electron chi connectivity index (χ3n) is 4.04. The van der Waals surface area contributed by atoms with Crippen LogP contribution in [0, 0.1) is 5.82 Å². The predicted octanol–water partition coefficient (Wildman–Crippen LogP) is 2.96. The molecule has 0 saturated carbocycles.